The third-order valence-electron chi connectivity index (χ3n) is 5.46. The lowest BCUT2D eigenvalue weighted by molar-refractivity contribution is -0.113. The van der Waals surface area contributed by atoms with E-state index in [-0.39, 0.29) is 11.7 Å². The van der Waals surface area contributed by atoms with Gasteiger partial charge >= 0.3 is 0 Å². The highest BCUT2D eigenvalue weighted by Crippen LogP contribution is 2.38. The van der Waals surface area contributed by atoms with Gasteiger partial charge in [0.05, 0.1) is 12.4 Å². The third kappa shape index (κ3) is 4.96. The number of thiophene rings is 1. The Kier molecular flexibility index (Phi) is 6.97. The summed E-state index contributed by atoms with van der Waals surface area (Å²) in [5.74, 6) is 2.68. The van der Waals surface area contributed by atoms with Gasteiger partial charge in [-0.1, -0.05) is 18.7 Å². The normalized spacial score (nSPS) is 15.5. The zero-order valence-electron chi connectivity index (χ0n) is 18.2. The number of aromatic nitrogens is 3. The van der Waals surface area contributed by atoms with E-state index < -0.39 is 0 Å². The van der Waals surface area contributed by atoms with Crippen molar-refractivity contribution in [3.63, 3.8) is 0 Å². The minimum atomic E-state index is -0.0664. The summed E-state index contributed by atoms with van der Waals surface area (Å²) in [5, 5.41) is 14.8. The Labute approximate surface area is 191 Å². The topological polar surface area (TPSA) is 69.0 Å². The van der Waals surface area contributed by atoms with E-state index in [1.807, 2.05) is 42.5 Å². The van der Waals surface area contributed by atoms with Crippen LogP contribution in [0.25, 0.3) is 11.4 Å². The predicted octanol–water partition coefficient (Wildman–Crippen LogP) is 5.28. The standard InChI is InChI=1S/C23H28N4O2S2/c1-4-27-22(19-13-30-20-12-15(3)6-11-18(19)20)25-26-23(27)31-14-21(28)24-16-7-9-17(10-8-16)29-5-2/h7-10,13,15H,4-6,11-12,14H2,1-3H3,(H,24,28). The van der Waals surface area contributed by atoms with Crippen LogP contribution in [0.1, 0.15) is 37.6 Å². The number of fused-ring (bicyclic) bond motifs is 1. The number of benzene rings is 1. The van der Waals surface area contributed by atoms with Crippen LogP contribution in [0, 0.1) is 5.92 Å². The van der Waals surface area contributed by atoms with E-state index in [9.17, 15) is 4.79 Å². The zero-order chi connectivity index (χ0) is 21.8. The number of rotatable bonds is 8. The molecule has 0 bridgehead atoms. The molecule has 1 N–H and O–H groups in total. The van der Waals surface area contributed by atoms with E-state index in [1.54, 1.807) is 0 Å². The number of carbonyl (C=O) groups excluding carboxylic acids is 1. The Morgan fingerprint density at radius 2 is 2.10 bits per heavy atom. The molecule has 1 atom stereocenters. The molecule has 0 saturated carbocycles. The second-order valence-corrected chi connectivity index (χ2v) is 9.65. The minimum Gasteiger partial charge on any atom is -0.494 e. The summed E-state index contributed by atoms with van der Waals surface area (Å²) in [6.45, 7) is 7.75. The lowest BCUT2D eigenvalue weighted by atomic mass is 9.88. The highest BCUT2D eigenvalue weighted by Gasteiger charge is 2.24. The van der Waals surface area contributed by atoms with Crippen molar-refractivity contribution in [2.75, 3.05) is 17.7 Å². The molecule has 2 aromatic heterocycles. The van der Waals surface area contributed by atoms with E-state index >= 15 is 0 Å². The highest BCUT2D eigenvalue weighted by molar-refractivity contribution is 7.99. The molecule has 0 radical (unpaired) electrons. The molecular formula is C23H28N4O2S2. The van der Waals surface area contributed by atoms with E-state index in [1.165, 1.54) is 34.2 Å². The summed E-state index contributed by atoms with van der Waals surface area (Å²) in [6, 6.07) is 7.41. The van der Waals surface area contributed by atoms with Crippen LogP contribution in [0.4, 0.5) is 5.69 Å². The predicted molar refractivity (Wildman–Crippen MR) is 127 cm³/mol. The highest BCUT2D eigenvalue weighted by atomic mass is 32.2. The van der Waals surface area contributed by atoms with Crippen LogP contribution in [0.3, 0.4) is 0 Å². The van der Waals surface area contributed by atoms with Crippen molar-refractivity contribution in [3.8, 4) is 17.1 Å². The number of anilines is 1. The van der Waals surface area contributed by atoms with Crippen molar-refractivity contribution in [1.82, 2.24) is 14.8 Å². The van der Waals surface area contributed by atoms with Gasteiger partial charge in [0.2, 0.25) is 5.91 Å². The molecule has 0 spiro atoms. The molecule has 1 aliphatic carbocycles. The number of hydrogen-bond donors (Lipinski definition) is 1. The Hall–Kier alpha value is -2.32. The number of nitrogens with zero attached hydrogens (tertiary/aromatic N) is 3. The summed E-state index contributed by atoms with van der Waals surface area (Å²) in [7, 11) is 0. The maximum absolute atomic E-state index is 12.4. The van der Waals surface area contributed by atoms with Crippen molar-refractivity contribution in [2.24, 2.45) is 5.92 Å². The molecule has 0 saturated heterocycles. The molecule has 0 aliphatic heterocycles. The zero-order valence-corrected chi connectivity index (χ0v) is 19.8. The van der Waals surface area contributed by atoms with Gasteiger partial charge in [-0.2, -0.15) is 0 Å². The molecule has 0 fully saturated rings. The number of nitrogens with one attached hydrogen (secondary N) is 1. The van der Waals surface area contributed by atoms with Crippen LogP contribution in [0.15, 0.2) is 34.8 Å². The van der Waals surface area contributed by atoms with E-state index in [2.05, 4.69) is 39.3 Å². The summed E-state index contributed by atoms with van der Waals surface area (Å²) in [6.07, 6.45) is 3.50. The SMILES string of the molecule is CCOc1ccc(NC(=O)CSc2nnc(-c3csc4c3CCC(C)C4)n2CC)cc1. The molecular weight excluding hydrogens is 428 g/mol. The van der Waals surface area contributed by atoms with Gasteiger partial charge in [0.1, 0.15) is 5.75 Å². The molecule has 1 aromatic carbocycles. The number of ether oxygens (including phenoxy) is 1. The molecule has 1 unspecified atom stereocenters. The fraction of sp³-hybridized carbons (Fsp3) is 0.435. The molecule has 4 rings (SSSR count). The summed E-state index contributed by atoms with van der Waals surface area (Å²) >= 11 is 3.26. The fourth-order valence-electron chi connectivity index (χ4n) is 3.87. The molecule has 2 heterocycles. The number of amides is 1. The fourth-order valence-corrected chi connectivity index (χ4v) is 5.92. The van der Waals surface area contributed by atoms with Crippen molar-refractivity contribution in [1.29, 1.82) is 0 Å². The Morgan fingerprint density at radius 3 is 2.84 bits per heavy atom. The van der Waals surface area contributed by atoms with Gasteiger partial charge < -0.3 is 14.6 Å². The number of carbonyl (C=O) groups is 1. The van der Waals surface area contributed by atoms with Crippen LogP contribution in [-0.2, 0) is 24.2 Å². The number of thioether (sulfide) groups is 1. The quantitative estimate of drug-likeness (QED) is 0.467. The van der Waals surface area contributed by atoms with Crippen molar-refractivity contribution in [2.45, 2.75) is 51.7 Å². The molecule has 31 heavy (non-hydrogen) atoms. The summed E-state index contributed by atoms with van der Waals surface area (Å²) in [5.41, 5.74) is 3.41. The molecule has 1 aliphatic rings. The van der Waals surface area contributed by atoms with Gasteiger partial charge in [-0.15, -0.1) is 21.5 Å². The van der Waals surface area contributed by atoms with Crippen LogP contribution in [-0.4, -0.2) is 33.0 Å². The van der Waals surface area contributed by atoms with E-state index in [0.29, 0.717) is 6.61 Å². The molecule has 8 heteroatoms. The van der Waals surface area contributed by atoms with Crippen molar-refractivity contribution >= 4 is 34.7 Å². The Bertz CT molecular complexity index is 1040. The molecule has 6 nitrogen and oxygen atoms in total. The van der Waals surface area contributed by atoms with Crippen LogP contribution >= 0.6 is 23.1 Å². The maximum Gasteiger partial charge on any atom is 0.234 e. The van der Waals surface area contributed by atoms with Crippen LogP contribution < -0.4 is 10.1 Å². The summed E-state index contributed by atoms with van der Waals surface area (Å²) in [4.78, 5) is 13.9. The van der Waals surface area contributed by atoms with Gasteiger partial charge in [0.25, 0.3) is 0 Å². The first-order valence-corrected chi connectivity index (χ1v) is 12.6. The van der Waals surface area contributed by atoms with E-state index in [0.717, 1.165) is 47.7 Å². The monoisotopic (exact) mass is 456 g/mol. The van der Waals surface area contributed by atoms with Gasteiger partial charge in [-0.05, 0) is 68.9 Å². The summed E-state index contributed by atoms with van der Waals surface area (Å²) < 4.78 is 7.56. The maximum atomic E-state index is 12.4. The minimum absolute atomic E-state index is 0.0664. The van der Waals surface area contributed by atoms with Gasteiger partial charge in [-0.25, -0.2) is 0 Å². The van der Waals surface area contributed by atoms with Crippen LogP contribution in [0.2, 0.25) is 0 Å². The second kappa shape index (κ2) is 9.87. The second-order valence-electron chi connectivity index (χ2n) is 7.74. The lowest BCUT2D eigenvalue weighted by Gasteiger charge is -2.19. The largest absolute Gasteiger partial charge is 0.494 e. The smallest absolute Gasteiger partial charge is 0.234 e. The first-order chi connectivity index (χ1) is 15.1. The number of hydrogen-bond acceptors (Lipinski definition) is 6. The van der Waals surface area contributed by atoms with Crippen molar-refractivity contribution < 1.29 is 9.53 Å². The van der Waals surface area contributed by atoms with Crippen LogP contribution in [0.5, 0.6) is 5.75 Å². The molecule has 1 amide bonds. The Balaban J connectivity index is 1.42. The average Bonchev–Trinajstić information content (AvgIpc) is 3.36. The molecule has 3 aromatic rings. The van der Waals surface area contributed by atoms with Crippen molar-refractivity contribution in [3.05, 3.63) is 40.1 Å². The third-order valence-corrected chi connectivity index (χ3v) is 7.48. The molecule has 164 valence electrons. The average molecular weight is 457 g/mol. The Morgan fingerprint density at radius 1 is 1.29 bits per heavy atom. The first-order valence-electron chi connectivity index (χ1n) is 10.8. The lowest BCUT2D eigenvalue weighted by Crippen LogP contribution is -2.14. The van der Waals surface area contributed by atoms with Gasteiger partial charge in [-0.3, -0.25) is 4.79 Å². The van der Waals surface area contributed by atoms with Gasteiger partial charge in [0, 0.05) is 28.1 Å². The first kappa shape index (κ1) is 21.9. The van der Waals surface area contributed by atoms with E-state index in [4.69, 9.17) is 4.74 Å². The van der Waals surface area contributed by atoms with Gasteiger partial charge in [0.15, 0.2) is 11.0 Å².